The Morgan fingerprint density at radius 2 is 1.83 bits per heavy atom. The lowest BCUT2D eigenvalue weighted by atomic mass is 10.2. The highest BCUT2D eigenvalue weighted by Crippen LogP contribution is 2.20. The Morgan fingerprint density at radius 3 is 2.39 bits per heavy atom. The third-order valence-corrected chi connectivity index (χ3v) is 4.57. The van der Waals surface area contributed by atoms with E-state index in [-0.39, 0.29) is 11.3 Å². The maximum atomic E-state index is 13.6. The Hall–Kier alpha value is -2.24. The second-order valence-corrected chi connectivity index (χ2v) is 6.97. The Labute approximate surface area is 140 Å². The van der Waals surface area contributed by atoms with Gasteiger partial charge in [-0.1, -0.05) is 15.9 Å². The third-order valence-electron chi connectivity index (χ3n) is 2.75. The Balaban J connectivity index is 2.37. The lowest BCUT2D eigenvalue weighted by Crippen LogP contribution is -2.14. The number of allylic oxidation sites excluding steroid dienone is 1. The minimum Gasteiger partial charge on any atom is -0.279 e. The smallest absolute Gasteiger partial charge is 0.272 e. The van der Waals surface area contributed by atoms with Crippen molar-refractivity contribution in [3.8, 4) is 6.07 Å². The molecule has 8 heteroatoms. The molecule has 2 aromatic carbocycles. The molecule has 2 aromatic rings. The van der Waals surface area contributed by atoms with E-state index < -0.39 is 26.6 Å². The Morgan fingerprint density at radius 1 is 1.17 bits per heavy atom. The summed E-state index contributed by atoms with van der Waals surface area (Å²) in [5, 5.41) is 9.05. The van der Waals surface area contributed by atoms with E-state index in [9.17, 15) is 17.2 Å². The van der Waals surface area contributed by atoms with Gasteiger partial charge in [-0.05, 0) is 42.5 Å². The van der Waals surface area contributed by atoms with E-state index in [1.54, 1.807) is 12.1 Å². The number of nitrogens with one attached hydrogen (secondary N) is 1. The number of benzene rings is 2. The van der Waals surface area contributed by atoms with Crippen molar-refractivity contribution in [1.29, 1.82) is 5.26 Å². The fourth-order valence-electron chi connectivity index (χ4n) is 1.66. The number of hydrogen-bond donors (Lipinski definition) is 1. The van der Waals surface area contributed by atoms with E-state index in [1.807, 2.05) is 0 Å². The molecule has 0 heterocycles. The molecule has 1 N–H and O–H groups in total. The van der Waals surface area contributed by atoms with Gasteiger partial charge in [0.15, 0.2) is 4.91 Å². The van der Waals surface area contributed by atoms with Crippen molar-refractivity contribution in [2.24, 2.45) is 0 Å². The molecular weight excluding hydrogens is 390 g/mol. The van der Waals surface area contributed by atoms with Crippen LogP contribution in [0.5, 0.6) is 0 Å². The average molecular weight is 399 g/mol. The number of halogens is 3. The highest BCUT2D eigenvalue weighted by molar-refractivity contribution is 9.10. The van der Waals surface area contributed by atoms with Gasteiger partial charge in [-0.2, -0.15) is 5.26 Å². The fourth-order valence-corrected chi connectivity index (χ4v) is 2.88. The van der Waals surface area contributed by atoms with Crippen LogP contribution in [0, 0.1) is 23.0 Å². The molecule has 0 spiro atoms. The molecular formula is C15H9BrF2N2O2S. The zero-order valence-corrected chi connectivity index (χ0v) is 13.8. The predicted molar refractivity (Wildman–Crippen MR) is 86.6 cm³/mol. The molecule has 0 saturated carbocycles. The van der Waals surface area contributed by atoms with Gasteiger partial charge in [0.05, 0.1) is 0 Å². The average Bonchev–Trinajstić information content (AvgIpc) is 2.48. The molecule has 23 heavy (non-hydrogen) atoms. The summed E-state index contributed by atoms with van der Waals surface area (Å²) in [6.07, 6.45) is 0.843. The van der Waals surface area contributed by atoms with Crippen LogP contribution in [0.4, 0.5) is 14.5 Å². The molecule has 0 amide bonds. The van der Waals surface area contributed by atoms with E-state index in [0.29, 0.717) is 6.07 Å². The highest BCUT2D eigenvalue weighted by Gasteiger charge is 2.18. The summed E-state index contributed by atoms with van der Waals surface area (Å²) in [6.45, 7) is 0. The highest BCUT2D eigenvalue weighted by atomic mass is 79.9. The first-order chi connectivity index (χ1) is 10.8. The molecule has 2 rings (SSSR count). The van der Waals surface area contributed by atoms with Crippen LogP contribution in [-0.4, -0.2) is 8.42 Å². The Bertz CT molecular complexity index is 904. The van der Waals surface area contributed by atoms with E-state index >= 15 is 0 Å². The van der Waals surface area contributed by atoms with Crippen LogP contribution in [0.3, 0.4) is 0 Å². The monoisotopic (exact) mass is 398 g/mol. The molecule has 4 nitrogen and oxygen atoms in total. The van der Waals surface area contributed by atoms with Crippen LogP contribution in [0.25, 0.3) is 6.08 Å². The summed E-state index contributed by atoms with van der Waals surface area (Å²) in [5.41, 5.74) is 0.0399. The number of nitriles is 1. The van der Waals surface area contributed by atoms with Crippen molar-refractivity contribution < 1.29 is 17.2 Å². The largest absolute Gasteiger partial charge is 0.279 e. The summed E-state index contributed by atoms with van der Waals surface area (Å²) in [5.74, 6) is -1.76. The lowest BCUT2D eigenvalue weighted by Gasteiger charge is -2.07. The maximum Gasteiger partial charge on any atom is 0.272 e. The van der Waals surface area contributed by atoms with Crippen LogP contribution in [0.15, 0.2) is 51.8 Å². The van der Waals surface area contributed by atoms with Crippen molar-refractivity contribution >= 4 is 37.7 Å². The standard InChI is InChI=1S/C15H9BrF2N2O2S/c16-11-2-5-13(6-3-11)20-23(21,22)14(9-19)7-10-1-4-12(17)8-15(10)18/h1-8,20H. The van der Waals surface area contributed by atoms with Gasteiger partial charge in [-0.3, -0.25) is 4.72 Å². The molecule has 0 aromatic heterocycles. The first kappa shape index (κ1) is 17.1. The van der Waals surface area contributed by atoms with Crippen LogP contribution < -0.4 is 4.72 Å². The van der Waals surface area contributed by atoms with Crippen LogP contribution in [-0.2, 0) is 10.0 Å². The van der Waals surface area contributed by atoms with Gasteiger partial charge in [0.25, 0.3) is 10.0 Å². The van der Waals surface area contributed by atoms with E-state index in [1.165, 1.54) is 18.2 Å². The number of sulfonamides is 1. The van der Waals surface area contributed by atoms with Crippen molar-refractivity contribution in [1.82, 2.24) is 0 Å². The predicted octanol–water partition coefficient (Wildman–Crippen LogP) is 4.03. The van der Waals surface area contributed by atoms with Crippen molar-refractivity contribution in [2.75, 3.05) is 4.72 Å². The molecule has 0 aliphatic rings. The summed E-state index contributed by atoms with van der Waals surface area (Å²) in [7, 11) is -4.19. The number of rotatable bonds is 4. The van der Waals surface area contributed by atoms with Crippen LogP contribution >= 0.6 is 15.9 Å². The van der Waals surface area contributed by atoms with Crippen molar-refractivity contribution in [3.63, 3.8) is 0 Å². The molecule has 0 radical (unpaired) electrons. The molecule has 0 aliphatic heterocycles. The van der Waals surface area contributed by atoms with Gasteiger partial charge in [0.1, 0.15) is 17.7 Å². The van der Waals surface area contributed by atoms with Crippen LogP contribution in [0.1, 0.15) is 5.56 Å². The first-order valence-corrected chi connectivity index (χ1v) is 8.45. The van der Waals surface area contributed by atoms with E-state index in [2.05, 4.69) is 20.7 Å². The topological polar surface area (TPSA) is 70.0 Å². The summed E-state index contributed by atoms with van der Waals surface area (Å²) < 4.78 is 53.8. The van der Waals surface area contributed by atoms with Gasteiger partial charge < -0.3 is 0 Å². The Kier molecular flexibility index (Phi) is 5.13. The zero-order chi connectivity index (χ0) is 17.0. The molecule has 0 atom stereocenters. The quantitative estimate of drug-likeness (QED) is 0.790. The van der Waals surface area contributed by atoms with Gasteiger partial charge in [-0.15, -0.1) is 0 Å². The van der Waals surface area contributed by atoms with Gasteiger partial charge in [0.2, 0.25) is 0 Å². The van der Waals surface area contributed by atoms with Gasteiger partial charge >= 0.3 is 0 Å². The number of anilines is 1. The van der Waals surface area contributed by atoms with Gasteiger partial charge in [0, 0.05) is 21.8 Å². The summed E-state index contributed by atoms with van der Waals surface area (Å²) in [4.78, 5) is -0.689. The zero-order valence-electron chi connectivity index (χ0n) is 11.4. The maximum absolute atomic E-state index is 13.6. The second-order valence-electron chi connectivity index (χ2n) is 4.40. The number of nitrogens with zero attached hydrogens (tertiary/aromatic N) is 1. The minimum absolute atomic E-state index is 0.205. The van der Waals surface area contributed by atoms with Crippen LogP contribution in [0.2, 0.25) is 0 Å². The number of hydrogen-bond acceptors (Lipinski definition) is 3. The molecule has 0 saturated heterocycles. The van der Waals surface area contributed by atoms with Gasteiger partial charge in [-0.25, -0.2) is 17.2 Å². The lowest BCUT2D eigenvalue weighted by molar-refractivity contribution is 0.581. The summed E-state index contributed by atoms with van der Waals surface area (Å²) >= 11 is 3.21. The third kappa shape index (κ3) is 4.37. The fraction of sp³-hybridized carbons (Fsp3) is 0. The minimum atomic E-state index is -4.19. The van der Waals surface area contributed by atoms with Crippen molar-refractivity contribution in [3.05, 3.63) is 69.0 Å². The van der Waals surface area contributed by atoms with E-state index in [0.717, 1.165) is 22.7 Å². The second kappa shape index (κ2) is 6.89. The molecule has 118 valence electrons. The van der Waals surface area contributed by atoms with Crippen molar-refractivity contribution in [2.45, 2.75) is 0 Å². The SMILES string of the molecule is N#CC(=Cc1ccc(F)cc1F)S(=O)(=O)Nc1ccc(Br)cc1. The summed E-state index contributed by atoms with van der Waals surface area (Å²) in [6, 6.07) is 10.4. The molecule has 0 aliphatic carbocycles. The normalized spacial score (nSPS) is 11.8. The molecule has 0 bridgehead atoms. The molecule has 0 unspecified atom stereocenters. The molecule has 0 fully saturated rings. The first-order valence-electron chi connectivity index (χ1n) is 6.17. The van der Waals surface area contributed by atoms with E-state index in [4.69, 9.17) is 5.26 Å².